The maximum atomic E-state index is 12.6. The van der Waals surface area contributed by atoms with Crippen molar-refractivity contribution in [3.05, 3.63) is 29.8 Å². The number of hydrogen-bond acceptors (Lipinski definition) is 6. The minimum Gasteiger partial charge on any atom is -0.396 e. The van der Waals surface area contributed by atoms with Crippen LogP contribution in [0.3, 0.4) is 0 Å². The molecule has 0 aliphatic rings. The molecule has 0 saturated heterocycles. The topological polar surface area (TPSA) is 115 Å². The first-order valence-electron chi connectivity index (χ1n) is 8.09. The zero-order valence-corrected chi connectivity index (χ0v) is 14.0. The summed E-state index contributed by atoms with van der Waals surface area (Å²) in [5, 5.41) is 11.9. The van der Waals surface area contributed by atoms with E-state index in [1.165, 1.54) is 0 Å². The number of carbonyl (C=O) groups is 1. The van der Waals surface area contributed by atoms with Crippen molar-refractivity contribution in [2.24, 2.45) is 0 Å². The van der Waals surface area contributed by atoms with Crippen LogP contribution in [0.5, 0.6) is 0 Å². The van der Waals surface area contributed by atoms with Gasteiger partial charge in [-0.3, -0.25) is 4.79 Å². The van der Waals surface area contributed by atoms with E-state index in [0.29, 0.717) is 54.2 Å². The highest BCUT2D eigenvalue weighted by molar-refractivity contribution is 6.10. The first-order chi connectivity index (χ1) is 12.2. The Labute approximate surface area is 144 Å². The molecule has 0 bridgehead atoms. The number of nitrogens with two attached hydrogens (primary N) is 1. The van der Waals surface area contributed by atoms with E-state index in [4.69, 9.17) is 15.6 Å². The highest BCUT2D eigenvalue weighted by atomic mass is 16.5. The summed E-state index contributed by atoms with van der Waals surface area (Å²) in [7, 11) is 1.57. The molecule has 8 heteroatoms. The first-order valence-corrected chi connectivity index (χ1v) is 8.09. The van der Waals surface area contributed by atoms with Gasteiger partial charge in [0.15, 0.2) is 5.65 Å². The van der Waals surface area contributed by atoms with E-state index in [9.17, 15) is 4.79 Å². The van der Waals surface area contributed by atoms with E-state index >= 15 is 0 Å². The molecule has 4 N–H and O–H groups in total. The summed E-state index contributed by atoms with van der Waals surface area (Å²) in [4.78, 5) is 21.8. The third-order valence-electron chi connectivity index (χ3n) is 3.95. The Bertz CT molecular complexity index is 906. The largest absolute Gasteiger partial charge is 0.396 e. The lowest BCUT2D eigenvalue weighted by atomic mass is 10.2. The first kappa shape index (κ1) is 17.1. The zero-order valence-electron chi connectivity index (χ0n) is 14.0. The van der Waals surface area contributed by atoms with Crippen molar-refractivity contribution < 1.29 is 14.6 Å². The number of anilines is 1. The van der Waals surface area contributed by atoms with Crippen LogP contribution in [0.2, 0.25) is 0 Å². The standard InChI is InChI=1S/C17H21N5O3/c1-25-10-7-19-17(24)13-14-16(22(15(13)18)8-4-9-23)21-12-6-3-2-5-11(12)20-14/h2-3,5-6,23H,4,7-10,18H2,1H3,(H,19,24). The molecule has 0 unspecified atom stereocenters. The maximum absolute atomic E-state index is 12.6. The summed E-state index contributed by atoms with van der Waals surface area (Å²) in [6.45, 7) is 1.26. The SMILES string of the molecule is COCCNC(=O)c1c(N)n(CCCO)c2nc3ccccc3nc12. The van der Waals surface area contributed by atoms with E-state index in [0.717, 1.165) is 5.52 Å². The number of amides is 1. The predicted octanol–water partition coefficient (Wildman–Crippen LogP) is 0.925. The van der Waals surface area contributed by atoms with Crippen molar-refractivity contribution in [1.29, 1.82) is 0 Å². The number of nitrogens with zero attached hydrogens (tertiary/aromatic N) is 3. The number of rotatable bonds is 7. The number of aryl methyl sites for hydroxylation is 1. The van der Waals surface area contributed by atoms with Gasteiger partial charge in [0.1, 0.15) is 16.9 Å². The fourth-order valence-electron chi connectivity index (χ4n) is 2.75. The molecule has 2 heterocycles. The number of nitrogen functional groups attached to an aromatic ring is 1. The van der Waals surface area contributed by atoms with Crippen LogP contribution in [0.1, 0.15) is 16.8 Å². The number of ether oxygens (including phenoxy) is 1. The molecule has 2 aromatic heterocycles. The van der Waals surface area contributed by atoms with Crippen LogP contribution in [0.25, 0.3) is 22.2 Å². The Hall–Kier alpha value is -2.71. The molecule has 0 fully saturated rings. The van der Waals surface area contributed by atoms with Crippen LogP contribution in [0, 0.1) is 0 Å². The molecule has 8 nitrogen and oxygen atoms in total. The highest BCUT2D eigenvalue weighted by Gasteiger charge is 2.23. The van der Waals surface area contributed by atoms with E-state index in [1.807, 2.05) is 24.3 Å². The summed E-state index contributed by atoms with van der Waals surface area (Å²) in [6, 6.07) is 7.45. The Kier molecular flexibility index (Phi) is 5.11. The van der Waals surface area contributed by atoms with Gasteiger partial charge in [0, 0.05) is 26.8 Å². The number of para-hydroxylation sites is 2. The third kappa shape index (κ3) is 3.26. The molecule has 3 aromatic rings. The van der Waals surface area contributed by atoms with Gasteiger partial charge < -0.3 is 25.5 Å². The fourth-order valence-corrected chi connectivity index (χ4v) is 2.75. The summed E-state index contributed by atoms with van der Waals surface area (Å²) in [5.74, 6) is -0.0134. The number of hydrogen-bond donors (Lipinski definition) is 3. The Balaban J connectivity index is 2.15. The monoisotopic (exact) mass is 343 g/mol. The van der Waals surface area contributed by atoms with Crippen LogP contribution in [-0.4, -0.2) is 52.4 Å². The summed E-state index contributed by atoms with van der Waals surface area (Å²) < 4.78 is 6.69. The second-order valence-electron chi connectivity index (χ2n) is 5.62. The Morgan fingerprint density at radius 1 is 1.32 bits per heavy atom. The molecule has 1 aromatic carbocycles. The number of nitrogens with one attached hydrogen (secondary N) is 1. The van der Waals surface area contributed by atoms with Gasteiger partial charge in [0.2, 0.25) is 0 Å². The number of fused-ring (bicyclic) bond motifs is 2. The Morgan fingerprint density at radius 2 is 2.04 bits per heavy atom. The summed E-state index contributed by atoms with van der Waals surface area (Å²) in [5.41, 5.74) is 8.97. The van der Waals surface area contributed by atoms with Crippen molar-refractivity contribution in [2.45, 2.75) is 13.0 Å². The van der Waals surface area contributed by atoms with Crippen molar-refractivity contribution >= 4 is 33.9 Å². The minimum atomic E-state index is -0.313. The summed E-state index contributed by atoms with van der Waals surface area (Å²) in [6.07, 6.45) is 0.507. The van der Waals surface area contributed by atoms with Crippen LogP contribution in [0.4, 0.5) is 5.82 Å². The van der Waals surface area contributed by atoms with Gasteiger partial charge in [0.25, 0.3) is 5.91 Å². The summed E-state index contributed by atoms with van der Waals surface area (Å²) >= 11 is 0. The lowest BCUT2D eigenvalue weighted by Gasteiger charge is -2.07. The van der Waals surface area contributed by atoms with E-state index < -0.39 is 0 Å². The molecule has 25 heavy (non-hydrogen) atoms. The molecule has 3 rings (SSSR count). The molecule has 0 atom stereocenters. The van der Waals surface area contributed by atoms with E-state index in [2.05, 4.69) is 15.3 Å². The number of aliphatic hydroxyl groups is 1. The van der Waals surface area contributed by atoms with Crippen LogP contribution in [0.15, 0.2) is 24.3 Å². The molecule has 0 radical (unpaired) electrons. The normalized spacial score (nSPS) is 11.3. The minimum absolute atomic E-state index is 0.0233. The molecule has 0 aliphatic heterocycles. The van der Waals surface area contributed by atoms with Crippen LogP contribution >= 0.6 is 0 Å². The quantitative estimate of drug-likeness (QED) is 0.550. The number of benzene rings is 1. The Morgan fingerprint density at radius 3 is 2.72 bits per heavy atom. The maximum Gasteiger partial charge on any atom is 0.257 e. The number of methoxy groups -OCH3 is 1. The van der Waals surface area contributed by atoms with Gasteiger partial charge in [-0.25, -0.2) is 9.97 Å². The molecule has 1 amide bonds. The van der Waals surface area contributed by atoms with Gasteiger partial charge >= 0.3 is 0 Å². The third-order valence-corrected chi connectivity index (χ3v) is 3.95. The van der Waals surface area contributed by atoms with Crippen molar-refractivity contribution in [3.63, 3.8) is 0 Å². The zero-order chi connectivity index (χ0) is 17.8. The van der Waals surface area contributed by atoms with Gasteiger partial charge in [0.05, 0.1) is 17.6 Å². The van der Waals surface area contributed by atoms with E-state index in [1.54, 1.807) is 11.7 Å². The molecule has 0 aliphatic carbocycles. The second-order valence-corrected chi connectivity index (χ2v) is 5.62. The smallest absolute Gasteiger partial charge is 0.257 e. The highest BCUT2D eigenvalue weighted by Crippen LogP contribution is 2.28. The number of aliphatic hydroxyl groups excluding tert-OH is 1. The van der Waals surface area contributed by atoms with Gasteiger partial charge in [-0.15, -0.1) is 0 Å². The van der Waals surface area contributed by atoms with Gasteiger partial charge in [-0.05, 0) is 18.6 Å². The van der Waals surface area contributed by atoms with Crippen molar-refractivity contribution in [3.8, 4) is 0 Å². The second kappa shape index (κ2) is 7.45. The average molecular weight is 343 g/mol. The molecule has 0 spiro atoms. The van der Waals surface area contributed by atoms with Crippen molar-refractivity contribution in [1.82, 2.24) is 19.9 Å². The van der Waals surface area contributed by atoms with Crippen molar-refractivity contribution in [2.75, 3.05) is 32.6 Å². The molecular weight excluding hydrogens is 322 g/mol. The van der Waals surface area contributed by atoms with E-state index in [-0.39, 0.29) is 12.5 Å². The van der Waals surface area contributed by atoms with Crippen LogP contribution < -0.4 is 11.1 Å². The lowest BCUT2D eigenvalue weighted by molar-refractivity contribution is 0.0939. The lowest BCUT2D eigenvalue weighted by Crippen LogP contribution is -2.27. The van der Waals surface area contributed by atoms with Crippen LogP contribution in [-0.2, 0) is 11.3 Å². The van der Waals surface area contributed by atoms with Gasteiger partial charge in [-0.1, -0.05) is 12.1 Å². The predicted molar refractivity (Wildman–Crippen MR) is 95.4 cm³/mol. The molecule has 0 saturated carbocycles. The fraction of sp³-hybridized carbons (Fsp3) is 0.353. The number of carbonyl (C=O) groups excluding carboxylic acids is 1. The number of aromatic nitrogens is 3. The molecule has 132 valence electrons. The average Bonchev–Trinajstić information content (AvgIpc) is 2.88. The molecular formula is C17H21N5O3. The van der Waals surface area contributed by atoms with Gasteiger partial charge in [-0.2, -0.15) is 0 Å².